The zero-order valence-electron chi connectivity index (χ0n) is 14.6. The van der Waals surface area contributed by atoms with Gasteiger partial charge in [-0.1, -0.05) is 48.0 Å². The van der Waals surface area contributed by atoms with Gasteiger partial charge in [0.25, 0.3) is 0 Å². The quantitative estimate of drug-likeness (QED) is 0.674. The molecule has 0 saturated carbocycles. The Bertz CT molecular complexity index is 911. The van der Waals surface area contributed by atoms with Crippen LogP contribution in [-0.2, 0) is 11.2 Å². The first kappa shape index (κ1) is 17.0. The maximum Gasteiger partial charge on any atom is 0.223 e. The summed E-state index contributed by atoms with van der Waals surface area (Å²) in [6, 6.07) is 16.6. The molecule has 0 radical (unpaired) electrons. The predicted molar refractivity (Wildman–Crippen MR) is 105 cm³/mol. The lowest BCUT2D eigenvalue weighted by Gasteiger charge is -2.27. The summed E-state index contributed by atoms with van der Waals surface area (Å²) in [6.45, 7) is 1.31. The van der Waals surface area contributed by atoms with Crippen molar-refractivity contribution in [3.8, 4) is 11.3 Å². The molecule has 4 rings (SSSR count). The molecule has 0 aliphatic heterocycles. The highest BCUT2D eigenvalue weighted by molar-refractivity contribution is 6.30. The molecule has 0 fully saturated rings. The summed E-state index contributed by atoms with van der Waals surface area (Å²) in [5.41, 5.74) is 5.91. The summed E-state index contributed by atoms with van der Waals surface area (Å²) >= 11 is 6.07. The minimum absolute atomic E-state index is 0.284. The molecule has 3 aromatic rings. The zero-order valence-corrected chi connectivity index (χ0v) is 15.3. The van der Waals surface area contributed by atoms with Gasteiger partial charge in [-0.25, -0.2) is 9.97 Å². The summed E-state index contributed by atoms with van der Waals surface area (Å²) in [6.07, 6.45) is 2.82. The molecule has 4 nitrogen and oxygen atoms in total. The van der Waals surface area contributed by atoms with Gasteiger partial charge in [0.05, 0.1) is 12.3 Å². The summed E-state index contributed by atoms with van der Waals surface area (Å²) < 4.78 is 5.08. The van der Waals surface area contributed by atoms with Gasteiger partial charge in [-0.05, 0) is 35.2 Å². The molecule has 1 unspecified atom stereocenters. The summed E-state index contributed by atoms with van der Waals surface area (Å²) in [4.78, 5) is 9.25. The smallest absolute Gasteiger partial charge is 0.223 e. The van der Waals surface area contributed by atoms with Gasteiger partial charge in [-0.15, -0.1) is 0 Å². The molecule has 0 spiro atoms. The van der Waals surface area contributed by atoms with Crippen molar-refractivity contribution in [3.63, 3.8) is 0 Å². The van der Waals surface area contributed by atoms with Crippen LogP contribution < -0.4 is 5.32 Å². The van der Waals surface area contributed by atoms with E-state index in [0.717, 1.165) is 17.1 Å². The van der Waals surface area contributed by atoms with Gasteiger partial charge in [0.2, 0.25) is 5.95 Å². The Kier molecular flexibility index (Phi) is 4.87. The molecule has 1 aromatic heterocycles. The normalized spacial score (nSPS) is 15.2. The molecular weight excluding hydrogens is 346 g/mol. The van der Waals surface area contributed by atoms with Crippen molar-refractivity contribution in [2.75, 3.05) is 25.6 Å². The molecule has 1 atom stereocenters. The van der Waals surface area contributed by atoms with Crippen LogP contribution in [0.5, 0.6) is 0 Å². The third-order valence-electron chi connectivity index (χ3n) is 4.74. The first-order valence-electron chi connectivity index (χ1n) is 8.70. The van der Waals surface area contributed by atoms with Crippen LogP contribution in [0.3, 0.4) is 0 Å². The van der Waals surface area contributed by atoms with Crippen molar-refractivity contribution in [2.24, 2.45) is 0 Å². The van der Waals surface area contributed by atoms with E-state index in [-0.39, 0.29) is 5.92 Å². The van der Waals surface area contributed by atoms with Crippen molar-refractivity contribution in [2.45, 2.75) is 12.3 Å². The van der Waals surface area contributed by atoms with E-state index in [1.54, 1.807) is 7.11 Å². The highest BCUT2D eigenvalue weighted by Crippen LogP contribution is 2.41. The number of nitrogens with zero attached hydrogens (tertiary/aromatic N) is 2. The monoisotopic (exact) mass is 365 g/mol. The fraction of sp³-hybridized carbons (Fsp3) is 0.238. The average Bonchev–Trinajstić information content (AvgIpc) is 2.68. The number of anilines is 1. The highest BCUT2D eigenvalue weighted by Gasteiger charge is 2.27. The van der Waals surface area contributed by atoms with E-state index in [0.29, 0.717) is 19.1 Å². The van der Waals surface area contributed by atoms with Crippen molar-refractivity contribution in [3.05, 3.63) is 76.4 Å². The fourth-order valence-electron chi connectivity index (χ4n) is 3.48. The van der Waals surface area contributed by atoms with E-state index in [9.17, 15) is 0 Å². The maximum atomic E-state index is 6.07. The minimum atomic E-state index is 0.284. The Labute approximate surface area is 158 Å². The number of hydrogen-bond acceptors (Lipinski definition) is 4. The predicted octanol–water partition coefficient (Wildman–Crippen LogP) is 4.54. The van der Waals surface area contributed by atoms with E-state index in [1.807, 2.05) is 18.3 Å². The summed E-state index contributed by atoms with van der Waals surface area (Å²) in [5.74, 6) is 0.924. The van der Waals surface area contributed by atoms with Crippen LogP contribution >= 0.6 is 11.6 Å². The van der Waals surface area contributed by atoms with Crippen LogP contribution in [-0.4, -0.2) is 30.2 Å². The van der Waals surface area contributed by atoms with Gasteiger partial charge >= 0.3 is 0 Å². The molecule has 1 aliphatic rings. The minimum Gasteiger partial charge on any atom is -0.383 e. The molecular formula is C21H20ClN3O. The highest BCUT2D eigenvalue weighted by atomic mass is 35.5. The summed E-state index contributed by atoms with van der Waals surface area (Å²) in [7, 11) is 1.68. The second kappa shape index (κ2) is 7.44. The Hall–Kier alpha value is -2.43. The number of ether oxygens (including phenoxy) is 1. The number of halogens is 1. The third kappa shape index (κ3) is 3.30. The van der Waals surface area contributed by atoms with Gasteiger partial charge < -0.3 is 10.1 Å². The maximum absolute atomic E-state index is 6.07. The van der Waals surface area contributed by atoms with E-state index < -0.39 is 0 Å². The molecule has 1 aliphatic carbocycles. The molecule has 26 heavy (non-hydrogen) atoms. The van der Waals surface area contributed by atoms with Crippen LogP contribution in [0, 0.1) is 0 Å². The van der Waals surface area contributed by atoms with Gasteiger partial charge in [-0.3, -0.25) is 0 Å². The van der Waals surface area contributed by atoms with Crippen molar-refractivity contribution >= 4 is 17.5 Å². The Morgan fingerprint density at radius 2 is 1.96 bits per heavy atom. The number of aromatic nitrogens is 2. The third-order valence-corrected chi connectivity index (χ3v) is 4.99. The SMILES string of the molecule is COCCNc1ncc2c(n1)-c1ccccc1C(c1ccc(Cl)cc1)C2. The van der Waals surface area contributed by atoms with Gasteiger partial charge in [0.15, 0.2) is 0 Å². The van der Waals surface area contributed by atoms with E-state index in [2.05, 4.69) is 46.7 Å². The van der Waals surface area contributed by atoms with Gasteiger partial charge in [0, 0.05) is 36.4 Å². The molecule has 1 N–H and O–H groups in total. The van der Waals surface area contributed by atoms with Crippen LogP contribution in [0.4, 0.5) is 5.95 Å². The molecule has 1 heterocycles. The number of rotatable bonds is 5. The Balaban J connectivity index is 1.72. The number of fused-ring (bicyclic) bond motifs is 3. The van der Waals surface area contributed by atoms with Crippen molar-refractivity contribution < 1.29 is 4.74 Å². The number of nitrogens with one attached hydrogen (secondary N) is 1. The molecule has 5 heteroatoms. The summed E-state index contributed by atoms with van der Waals surface area (Å²) in [5, 5.41) is 3.97. The lowest BCUT2D eigenvalue weighted by Crippen LogP contribution is -2.16. The standard InChI is InChI=1S/C21H20ClN3O/c1-26-11-10-23-21-24-13-15-12-19(14-6-8-16(22)9-7-14)17-4-2-3-5-18(17)20(15)25-21/h2-9,13,19H,10-12H2,1H3,(H,23,24,25). The van der Waals surface area contributed by atoms with Crippen LogP contribution in [0.25, 0.3) is 11.3 Å². The second-order valence-electron chi connectivity index (χ2n) is 6.38. The lowest BCUT2D eigenvalue weighted by atomic mass is 9.78. The number of benzene rings is 2. The van der Waals surface area contributed by atoms with Gasteiger partial charge in [0.1, 0.15) is 0 Å². The lowest BCUT2D eigenvalue weighted by molar-refractivity contribution is 0.210. The Morgan fingerprint density at radius 3 is 2.77 bits per heavy atom. The largest absolute Gasteiger partial charge is 0.383 e. The van der Waals surface area contributed by atoms with Crippen LogP contribution in [0.2, 0.25) is 5.02 Å². The molecule has 0 saturated heterocycles. The second-order valence-corrected chi connectivity index (χ2v) is 6.82. The molecule has 132 valence electrons. The fourth-order valence-corrected chi connectivity index (χ4v) is 3.60. The number of methoxy groups -OCH3 is 1. The number of hydrogen-bond donors (Lipinski definition) is 1. The van der Waals surface area contributed by atoms with Crippen molar-refractivity contribution in [1.29, 1.82) is 0 Å². The van der Waals surface area contributed by atoms with Crippen molar-refractivity contribution in [1.82, 2.24) is 9.97 Å². The zero-order chi connectivity index (χ0) is 17.9. The van der Waals surface area contributed by atoms with Crippen LogP contribution in [0.1, 0.15) is 22.6 Å². The van der Waals surface area contributed by atoms with Crippen LogP contribution in [0.15, 0.2) is 54.7 Å². The average molecular weight is 366 g/mol. The van der Waals surface area contributed by atoms with E-state index >= 15 is 0 Å². The molecule has 2 aromatic carbocycles. The van der Waals surface area contributed by atoms with E-state index in [1.165, 1.54) is 22.3 Å². The Morgan fingerprint density at radius 1 is 1.15 bits per heavy atom. The first-order chi connectivity index (χ1) is 12.8. The topological polar surface area (TPSA) is 47.0 Å². The van der Waals surface area contributed by atoms with Gasteiger partial charge in [-0.2, -0.15) is 0 Å². The molecule has 0 amide bonds. The first-order valence-corrected chi connectivity index (χ1v) is 9.07. The molecule has 0 bridgehead atoms. The van der Waals surface area contributed by atoms with E-state index in [4.69, 9.17) is 21.3 Å².